The molecule has 6 heteroatoms. The van der Waals surface area contributed by atoms with Gasteiger partial charge in [0.05, 0.1) is 24.5 Å². The Balaban J connectivity index is 1.97. The Bertz CT molecular complexity index is 308. The highest BCUT2D eigenvalue weighted by molar-refractivity contribution is 4.66. The van der Waals surface area contributed by atoms with Gasteiger partial charge in [0.25, 0.3) is 0 Å². The third-order valence-electron chi connectivity index (χ3n) is 2.30. The van der Waals surface area contributed by atoms with Crippen molar-refractivity contribution in [1.82, 2.24) is 20.3 Å². The van der Waals surface area contributed by atoms with E-state index in [2.05, 4.69) is 15.6 Å². The van der Waals surface area contributed by atoms with Crippen LogP contribution in [0.3, 0.4) is 0 Å². The molecule has 0 saturated heterocycles. The standard InChI is InChI=1S/C12H24N4O2/c1-12(2,3)18-10-11(17)9-13-5-4-7-16-8-6-14-15-16/h6,8,11,13,17H,4-5,7,9-10H2,1-3H3. The molecular weight excluding hydrogens is 232 g/mol. The Morgan fingerprint density at radius 2 is 2.22 bits per heavy atom. The van der Waals surface area contributed by atoms with Crippen LogP contribution >= 0.6 is 0 Å². The molecule has 0 spiro atoms. The van der Waals surface area contributed by atoms with E-state index in [1.807, 2.05) is 27.0 Å². The van der Waals surface area contributed by atoms with Crippen molar-refractivity contribution in [2.75, 3.05) is 19.7 Å². The normalized spacial score (nSPS) is 13.8. The fourth-order valence-electron chi connectivity index (χ4n) is 1.39. The van der Waals surface area contributed by atoms with Gasteiger partial charge in [0.15, 0.2) is 0 Å². The molecule has 1 heterocycles. The maximum absolute atomic E-state index is 9.68. The zero-order valence-electron chi connectivity index (χ0n) is 11.5. The van der Waals surface area contributed by atoms with Crippen LogP contribution in [0.4, 0.5) is 0 Å². The van der Waals surface area contributed by atoms with Gasteiger partial charge in [-0.2, -0.15) is 0 Å². The lowest BCUT2D eigenvalue weighted by molar-refractivity contribution is -0.0478. The summed E-state index contributed by atoms with van der Waals surface area (Å²) >= 11 is 0. The molecule has 1 atom stereocenters. The van der Waals surface area contributed by atoms with Crippen molar-refractivity contribution in [2.24, 2.45) is 0 Å². The van der Waals surface area contributed by atoms with E-state index >= 15 is 0 Å². The second-order valence-corrected chi connectivity index (χ2v) is 5.30. The highest BCUT2D eigenvalue weighted by Crippen LogP contribution is 2.06. The molecule has 18 heavy (non-hydrogen) atoms. The molecule has 1 aromatic rings. The van der Waals surface area contributed by atoms with E-state index in [9.17, 15) is 5.11 Å². The molecule has 2 N–H and O–H groups in total. The van der Waals surface area contributed by atoms with Crippen LogP contribution in [0.15, 0.2) is 12.4 Å². The van der Waals surface area contributed by atoms with Gasteiger partial charge in [-0.25, -0.2) is 0 Å². The van der Waals surface area contributed by atoms with Crippen molar-refractivity contribution >= 4 is 0 Å². The molecule has 104 valence electrons. The summed E-state index contributed by atoms with van der Waals surface area (Å²) in [6, 6.07) is 0. The van der Waals surface area contributed by atoms with Gasteiger partial charge < -0.3 is 15.2 Å². The lowest BCUT2D eigenvalue weighted by atomic mass is 10.2. The van der Waals surface area contributed by atoms with Crippen molar-refractivity contribution in [3.63, 3.8) is 0 Å². The van der Waals surface area contributed by atoms with Crippen molar-refractivity contribution in [1.29, 1.82) is 0 Å². The van der Waals surface area contributed by atoms with Crippen LogP contribution in [0.25, 0.3) is 0 Å². The van der Waals surface area contributed by atoms with Gasteiger partial charge in [0.1, 0.15) is 0 Å². The number of aliphatic hydroxyl groups is 1. The number of aliphatic hydroxyl groups excluding tert-OH is 1. The first-order chi connectivity index (χ1) is 8.47. The summed E-state index contributed by atoms with van der Waals surface area (Å²) in [4.78, 5) is 0. The largest absolute Gasteiger partial charge is 0.389 e. The monoisotopic (exact) mass is 256 g/mol. The fourth-order valence-corrected chi connectivity index (χ4v) is 1.39. The summed E-state index contributed by atoms with van der Waals surface area (Å²) in [7, 11) is 0. The van der Waals surface area contributed by atoms with Crippen LogP contribution in [0.2, 0.25) is 0 Å². The van der Waals surface area contributed by atoms with Gasteiger partial charge in [-0.15, -0.1) is 5.10 Å². The van der Waals surface area contributed by atoms with Gasteiger partial charge in [-0.1, -0.05) is 5.21 Å². The smallest absolute Gasteiger partial charge is 0.0897 e. The Morgan fingerprint density at radius 1 is 1.44 bits per heavy atom. The van der Waals surface area contributed by atoms with Crippen molar-refractivity contribution in [3.8, 4) is 0 Å². The summed E-state index contributed by atoms with van der Waals surface area (Å²) < 4.78 is 7.29. The maximum atomic E-state index is 9.68. The van der Waals surface area contributed by atoms with Crippen LogP contribution < -0.4 is 5.32 Å². The topological polar surface area (TPSA) is 72.2 Å². The summed E-state index contributed by atoms with van der Waals surface area (Å²) in [5.74, 6) is 0. The second kappa shape index (κ2) is 7.45. The van der Waals surface area contributed by atoms with Crippen LogP contribution in [0.1, 0.15) is 27.2 Å². The molecular formula is C12H24N4O2. The van der Waals surface area contributed by atoms with Crippen LogP contribution in [-0.2, 0) is 11.3 Å². The van der Waals surface area contributed by atoms with Crippen molar-refractivity contribution in [3.05, 3.63) is 12.4 Å². The van der Waals surface area contributed by atoms with E-state index in [1.54, 1.807) is 10.9 Å². The molecule has 0 saturated carbocycles. The summed E-state index contributed by atoms with van der Waals surface area (Å²) in [5, 5.41) is 20.5. The van der Waals surface area contributed by atoms with E-state index in [4.69, 9.17) is 4.74 Å². The minimum absolute atomic E-state index is 0.200. The van der Waals surface area contributed by atoms with Crippen molar-refractivity contribution in [2.45, 2.75) is 45.4 Å². The predicted molar refractivity (Wildman–Crippen MR) is 69.2 cm³/mol. The molecule has 0 bridgehead atoms. The Hall–Kier alpha value is -0.980. The van der Waals surface area contributed by atoms with Crippen LogP contribution in [-0.4, -0.2) is 51.5 Å². The maximum Gasteiger partial charge on any atom is 0.0897 e. The van der Waals surface area contributed by atoms with Gasteiger partial charge in [-0.05, 0) is 33.7 Å². The first-order valence-corrected chi connectivity index (χ1v) is 6.34. The van der Waals surface area contributed by atoms with Crippen molar-refractivity contribution < 1.29 is 9.84 Å². The van der Waals surface area contributed by atoms with Gasteiger partial charge in [0.2, 0.25) is 0 Å². The molecule has 0 amide bonds. The minimum Gasteiger partial charge on any atom is -0.389 e. The van der Waals surface area contributed by atoms with E-state index in [0.717, 1.165) is 19.5 Å². The number of aromatic nitrogens is 3. The zero-order chi connectivity index (χ0) is 13.4. The van der Waals surface area contributed by atoms with E-state index in [-0.39, 0.29) is 5.60 Å². The van der Waals surface area contributed by atoms with E-state index < -0.39 is 6.10 Å². The number of hydrogen-bond acceptors (Lipinski definition) is 5. The number of rotatable bonds is 8. The Labute approximate surface area is 108 Å². The lowest BCUT2D eigenvalue weighted by Crippen LogP contribution is -2.34. The Morgan fingerprint density at radius 3 is 2.83 bits per heavy atom. The molecule has 0 aromatic carbocycles. The van der Waals surface area contributed by atoms with Gasteiger partial charge in [0, 0.05) is 19.3 Å². The fraction of sp³-hybridized carbons (Fsp3) is 0.833. The summed E-state index contributed by atoms with van der Waals surface area (Å²) in [6.07, 6.45) is 4.00. The first-order valence-electron chi connectivity index (χ1n) is 6.34. The number of nitrogens with one attached hydrogen (secondary N) is 1. The molecule has 0 fully saturated rings. The highest BCUT2D eigenvalue weighted by atomic mass is 16.5. The molecule has 0 radical (unpaired) electrons. The van der Waals surface area contributed by atoms with E-state index in [1.165, 1.54) is 0 Å². The van der Waals surface area contributed by atoms with Gasteiger partial charge in [-0.3, -0.25) is 4.68 Å². The minimum atomic E-state index is -0.462. The molecule has 0 aliphatic carbocycles. The summed E-state index contributed by atoms with van der Waals surface area (Å²) in [6.45, 7) is 8.52. The van der Waals surface area contributed by atoms with Crippen LogP contribution in [0.5, 0.6) is 0 Å². The summed E-state index contributed by atoms with van der Waals surface area (Å²) in [5.41, 5.74) is -0.200. The third-order valence-corrected chi connectivity index (χ3v) is 2.30. The molecule has 1 unspecified atom stereocenters. The number of hydrogen-bond donors (Lipinski definition) is 2. The third kappa shape index (κ3) is 7.37. The average Bonchev–Trinajstić information content (AvgIpc) is 2.78. The predicted octanol–water partition coefficient (Wildman–Crippen LogP) is 0.434. The quantitative estimate of drug-likeness (QED) is 0.660. The lowest BCUT2D eigenvalue weighted by Gasteiger charge is -2.22. The molecule has 6 nitrogen and oxygen atoms in total. The first kappa shape index (κ1) is 15.1. The van der Waals surface area contributed by atoms with Gasteiger partial charge >= 0.3 is 0 Å². The van der Waals surface area contributed by atoms with E-state index in [0.29, 0.717) is 13.2 Å². The zero-order valence-corrected chi connectivity index (χ0v) is 11.5. The second-order valence-electron chi connectivity index (χ2n) is 5.30. The number of aryl methyl sites for hydroxylation is 1. The Kier molecular flexibility index (Phi) is 6.24. The van der Waals surface area contributed by atoms with Crippen LogP contribution in [0, 0.1) is 0 Å². The molecule has 1 aromatic heterocycles. The molecule has 0 aliphatic rings. The number of ether oxygens (including phenoxy) is 1. The SMILES string of the molecule is CC(C)(C)OCC(O)CNCCCn1ccnn1. The molecule has 0 aliphatic heterocycles. The average molecular weight is 256 g/mol. The highest BCUT2D eigenvalue weighted by Gasteiger charge is 2.13. The molecule has 1 rings (SSSR count). The number of nitrogens with zero attached hydrogens (tertiary/aromatic N) is 3.